The van der Waals surface area contributed by atoms with Gasteiger partial charge in [-0.15, -0.1) is 0 Å². The van der Waals surface area contributed by atoms with Gasteiger partial charge in [-0.3, -0.25) is 9.89 Å². The number of alkyl halides is 3. The molecule has 1 amide bonds. The summed E-state index contributed by atoms with van der Waals surface area (Å²) in [5.41, 5.74) is -0.488. The van der Waals surface area contributed by atoms with Gasteiger partial charge in [0.1, 0.15) is 6.04 Å². The number of carbonyl (C=O) groups excluding carboxylic acids is 1. The number of rotatable bonds is 2. The molecule has 3 heterocycles. The smallest absolute Gasteiger partial charge is 0.375 e. The first kappa shape index (κ1) is 17.2. The van der Waals surface area contributed by atoms with E-state index in [4.69, 9.17) is 4.74 Å². The highest BCUT2D eigenvalue weighted by Gasteiger charge is 2.37. The zero-order valence-corrected chi connectivity index (χ0v) is 13.4. The van der Waals surface area contributed by atoms with Crippen molar-refractivity contribution in [3.63, 3.8) is 0 Å². The highest BCUT2D eigenvalue weighted by molar-refractivity contribution is 5.82. The summed E-state index contributed by atoms with van der Waals surface area (Å²) in [6.45, 7) is 4.04. The van der Waals surface area contributed by atoms with Gasteiger partial charge in [-0.05, 0) is 25.8 Å². The number of carbonyl (C=O) groups is 1. The van der Waals surface area contributed by atoms with Gasteiger partial charge in [0.05, 0.1) is 12.7 Å². The molecule has 0 spiro atoms. The standard InChI is InChI=1S/C15H21F3N4O2/c1-9-13(19-4-6-24-9)14(23)22-5-2-3-10(8-22)11-7-12(21-20-11)15(16,17)18/h7,9-10,13,19H,2-6,8H2,1H3,(H,20,21)/t9-,10?,13+/m1/s1. The molecule has 134 valence electrons. The second kappa shape index (κ2) is 6.72. The largest absolute Gasteiger partial charge is 0.435 e. The number of halogens is 3. The lowest BCUT2D eigenvalue weighted by atomic mass is 9.93. The van der Waals surface area contributed by atoms with Gasteiger partial charge in [-0.1, -0.05) is 0 Å². The van der Waals surface area contributed by atoms with E-state index in [0.717, 1.165) is 18.9 Å². The predicted octanol–water partition coefficient (Wildman–Crippen LogP) is 1.51. The summed E-state index contributed by atoms with van der Waals surface area (Å²) in [5, 5.41) is 8.99. The topological polar surface area (TPSA) is 70.2 Å². The van der Waals surface area contributed by atoms with Crippen molar-refractivity contribution in [1.82, 2.24) is 20.4 Å². The van der Waals surface area contributed by atoms with Crippen molar-refractivity contribution in [1.29, 1.82) is 0 Å². The summed E-state index contributed by atoms with van der Waals surface area (Å²) >= 11 is 0. The number of aromatic amines is 1. The van der Waals surface area contributed by atoms with Crippen LogP contribution >= 0.6 is 0 Å². The van der Waals surface area contributed by atoms with E-state index < -0.39 is 17.9 Å². The number of hydrogen-bond donors (Lipinski definition) is 2. The average molecular weight is 346 g/mol. The van der Waals surface area contributed by atoms with Gasteiger partial charge in [0.2, 0.25) is 5.91 Å². The van der Waals surface area contributed by atoms with Crippen LogP contribution in [0.4, 0.5) is 13.2 Å². The maximum Gasteiger partial charge on any atom is 0.435 e. The number of nitrogens with one attached hydrogen (secondary N) is 2. The van der Waals surface area contributed by atoms with Crippen LogP contribution in [0.15, 0.2) is 6.07 Å². The van der Waals surface area contributed by atoms with Crippen LogP contribution in [0, 0.1) is 0 Å². The highest BCUT2D eigenvalue weighted by atomic mass is 19.4. The van der Waals surface area contributed by atoms with Crippen molar-refractivity contribution < 1.29 is 22.7 Å². The molecule has 24 heavy (non-hydrogen) atoms. The Bertz CT molecular complexity index is 590. The molecule has 0 bridgehead atoms. The number of piperidine rings is 1. The lowest BCUT2D eigenvalue weighted by molar-refractivity contribution is -0.142. The lowest BCUT2D eigenvalue weighted by Gasteiger charge is -2.37. The zero-order chi connectivity index (χ0) is 17.3. The molecule has 1 unspecified atom stereocenters. The molecule has 2 fully saturated rings. The third kappa shape index (κ3) is 3.56. The molecule has 3 rings (SSSR count). The maximum absolute atomic E-state index is 12.7. The lowest BCUT2D eigenvalue weighted by Crippen LogP contribution is -2.57. The summed E-state index contributed by atoms with van der Waals surface area (Å²) in [5.74, 6) is -0.214. The Morgan fingerprint density at radius 1 is 1.46 bits per heavy atom. The molecule has 0 saturated carbocycles. The monoisotopic (exact) mass is 346 g/mol. The number of aromatic nitrogens is 2. The fraction of sp³-hybridized carbons (Fsp3) is 0.733. The summed E-state index contributed by atoms with van der Waals surface area (Å²) in [6, 6.07) is 0.647. The number of amides is 1. The molecule has 0 radical (unpaired) electrons. The first-order valence-electron chi connectivity index (χ1n) is 8.12. The molecule has 0 aliphatic carbocycles. The molecule has 1 aromatic heterocycles. The Kier molecular flexibility index (Phi) is 4.82. The molecular formula is C15H21F3N4O2. The first-order chi connectivity index (χ1) is 11.4. The minimum atomic E-state index is -4.46. The fourth-order valence-electron chi connectivity index (χ4n) is 3.33. The minimum Gasteiger partial charge on any atom is -0.375 e. The van der Waals surface area contributed by atoms with Gasteiger partial charge < -0.3 is 15.0 Å². The van der Waals surface area contributed by atoms with E-state index >= 15 is 0 Å². The van der Waals surface area contributed by atoms with Crippen LogP contribution in [0.5, 0.6) is 0 Å². The van der Waals surface area contributed by atoms with E-state index in [2.05, 4.69) is 15.5 Å². The third-order valence-corrected chi connectivity index (χ3v) is 4.64. The van der Waals surface area contributed by atoms with Gasteiger partial charge in [-0.25, -0.2) is 0 Å². The Morgan fingerprint density at radius 3 is 2.92 bits per heavy atom. The zero-order valence-electron chi connectivity index (χ0n) is 13.4. The Morgan fingerprint density at radius 2 is 2.25 bits per heavy atom. The highest BCUT2D eigenvalue weighted by Crippen LogP contribution is 2.32. The number of hydrogen-bond acceptors (Lipinski definition) is 4. The molecule has 2 N–H and O–H groups in total. The predicted molar refractivity (Wildman–Crippen MR) is 79.3 cm³/mol. The van der Waals surface area contributed by atoms with E-state index in [-0.39, 0.29) is 17.9 Å². The SMILES string of the molecule is C[C@H]1OCCN[C@@H]1C(=O)N1CCCC(c2cc(C(F)(F)F)n[nH]2)C1. The quantitative estimate of drug-likeness (QED) is 0.852. The van der Waals surface area contributed by atoms with Crippen LogP contribution in [0.2, 0.25) is 0 Å². The molecule has 1 aromatic rings. The number of ether oxygens (including phenoxy) is 1. The van der Waals surface area contributed by atoms with Crippen molar-refractivity contribution >= 4 is 5.91 Å². The van der Waals surface area contributed by atoms with E-state index in [0.29, 0.717) is 31.9 Å². The molecule has 3 atom stereocenters. The Balaban J connectivity index is 1.68. The van der Waals surface area contributed by atoms with Gasteiger partial charge in [0.15, 0.2) is 5.69 Å². The molecule has 9 heteroatoms. The number of nitrogens with zero attached hydrogens (tertiary/aromatic N) is 2. The molecular weight excluding hydrogens is 325 g/mol. The van der Waals surface area contributed by atoms with Crippen LogP contribution in [-0.4, -0.2) is 59.4 Å². The van der Waals surface area contributed by atoms with E-state index in [1.807, 2.05) is 6.92 Å². The third-order valence-electron chi connectivity index (χ3n) is 4.64. The van der Waals surface area contributed by atoms with Crippen molar-refractivity contribution in [3.05, 3.63) is 17.5 Å². The second-order valence-electron chi connectivity index (χ2n) is 6.34. The van der Waals surface area contributed by atoms with Crippen LogP contribution < -0.4 is 5.32 Å². The van der Waals surface area contributed by atoms with Gasteiger partial charge in [0, 0.05) is 31.2 Å². The minimum absolute atomic E-state index is 0.0533. The van der Waals surface area contributed by atoms with Gasteiger partial charge in [0.25, 0.3) is 0 Å². The summed E-state index contributed by atoms with van der Waals surface area (Å²) in [7, 11) is 0. The Labute approximate surface area is 137 Å². The molecule has 2 aliphatic rings. The van der Waals surface area contributed by atoms with Gasteiger partial charge >= 0.3 is 6.18 Å². The van der Waals surface area contributed by atoms with Crippen LogP contribution in [-0.2, 0) is 15.7 Å². The molecule has 2 aliphatic heterocycles. The van der Waals surface area contributed by atoms with Crippen LogP contribution in [0.25, 0.3) is 0 Å². The molecule has 2 saturated heterocycles. The van der Waals surface area contributed by atoms with Crippen molar-refractivity contribution in [2.75, 3.05) is 26.2 Å². The molecule has 6 nitrogen and oxygen atoms in total. The Hall–Kier alpha value is -1.61. The summed E-state index contributed by atoms with van der Waals surface area (Å²) in [4.78, 5) is 14.4. The normalized spacial score (nSPS) is 28.8. The fourth-order valence-corrected chi connectivity index (χ4v) is 3.33. The molecule has 0 aromatic carbocycles. The van der Waals surface area contributed by atoms with Crippen molar-refractivity contribution in [3.8, 4) is 0 Å². The first-order valence-corrected chi connectivity index (χ1v) is 8.12. The summed E-state index contributed by atoms with van der Waals surface area (Å²) in [6.07, 6.45) is -3.19. The van der Waals surface area contributed by atoms with Crippen molar-refractivity contribution in [2.24, 2.45) is 0 Å². The number of H-pyrrole nitrogens is 1. The summed E-state index contributed by atoms with van der Waals surface area (Å²) < 4.78 is 43.6. The van der Waals surface area contributed by atoms with E-state index in [9.17, 15) is 18.0 Å². The van der Waals surface area contributed by atoms with Gasteiger partial charge in [-0.2, -0.15) is 18.3 Å². The number of morpholine rings is 1. The van der Waals surface area contributed by atoms with Crippen molar-refractivity contribution in [2.45, 2.75) is 44.0 Å². The van der Waals surface area contributed by atoms with E-state index in [1.165, 1.54) is 0 Å². The second-order valence-corrected chi connectivity index (χ2v) is 6.34. The average Bonchev–Trinajstić information content (AvgIpc) is 3.05. The van der Waals surface area contributed by atoms with Crippen LogP contribution in [0.1, 0.15) is 37.1 Å². The van der Waals surface area contributed by atoms with Crippen LogP contribution in [0.3, 0.4) is 0 Å². The number of likely N-dealkylation sites (tertiary alicyclic amines) is 1. The maximum atomic E-state index is 12.7. The van der Waals surface area contributed by atoms with E-state index in [1.54, 1.807) is 4.90 Å².